The van der Waals surface area contributed by atoms with Crippen molar-refractivity contribution in [3.63, 3.8) is 0 Å². The van der Waals surface area contributed by atoms with E-state index in [1.54, 1.807) is 6.92 Å². The van der Waals surface area contributed by atoms with E-state index in [9.17, 15) is 0 Å². The molecule has 0 unspecified atom stereocenters. The highest BCUT2D eigenvalue weighted by molar-refractivity contribution is 5.18. The van der Waals surface area contributed by atoms with Crippen molar-refractivity contribution in [1.29, 1.82) is 0 Å². The summed E-state index contributed by atoms with van der Waals surface area (Å²) >= 11 is 0. The molecule has 1 aromatic heterocycles. The third-order valence-corrected chi connectivity index (χ3v) is 2.10. The number of hydrogen-bond acceptors (Lipinski definition) is 0. The highest BCUT2D eigenvalue weighted by Crippen LogP contribution is 2.08. The van der Waals surface area contributed by atoms with Crippen LogP contribution in [0.1, 0.15) is 72.1 Å². The molecule has 0 amide bonds. The first-order valence-electron chi connectivity index (χ1n) is 7.26. The van der Waals surface area contributed by atoms with Gasteiger partial charge in [0.05, 0.1) is 0 Å². The Morgan fingerprint density at radius 2 is 1.67 bits per heavy atom. The Bertz CT molecular complexity index is 265. The molecule has 0 bridgehead atoms. The summed E-state index contributed by atoms with van der Waals surface area (Å²) in [6, 6.07) is 2.14. The van der Waals surface area contributed by atoms with Crippen LogP contribution >= 0.6 is 0 Å². The minimum atomic E-state index is 1.21. The summed E-state index contributed by atoms with van der Waals surface area (Å²) in [4.78, 5) is 3.26. The number of terminal acetylenes is 1. The Kier molecular flexibility index (Phi) is 25.9. The minimum Gasteiger partial charge on any atom is -0.365 e. The second kappa shape index (κ2) is 21.2. The van der Waals surface area contributed by atoms with Crippen LogP contribution in [-0.4, -0.2) is 4.98 Å². The van der Waals surface area contributed by atoms with Crippen LogP contribution in [0.15, 0.2) is 12.3 Å². The summed E-state index contributed by atoms with van der Waals surface area (Å²) in [5.74, 6) is 2.25. The van der Waals surface area contributed by atoms with Crippen LogP contribution in [0.25, 0.3) is 0 Å². The van der Waals surface area contributed by atoms with Gasteiger partial charge in [0, 0.05) is 11.9 Å². The molecule has 0 radical (unpaired) electrons. The Labute approximate surface area is 115 Å². The highest BCUT2D eigenvalue weighted by Gasteiger charge is 1.96. The lowest BCUT2D eigenvalue weighted by atomic mass is 10.1. The van der Waals surface area contributed by atoms with Gasteiger partial charge in [0.1, 0.15) is 0 Å². The average Bonchev–Trinajstić information content (AvgIpc) is 2.82. The molecule has 0 saturated carbocycles. The van der Waals surface area contributed by atoms with Gasteiger partial charge in [0.15, 0.2) is 0 Å². The van der Waals surface area contributed by atoms with E-state index < -0.39 is 0 Å². The fraction of sp³-hybridized carbons (Fsp3) is 0.647. The number of aromatic amines is 1. The van der Waals surface area contributed by atoms with E-state index in [2.05, 4.69) is 37.2 Å². The Morgan fingerprint density at radius 1 is 1.17 bits per heavy atom. The standard InChI is InChI=1S/C10H17N.C3H4.2C2H6/c1-3-4-5-6-10-9(2)7-8-11-10;1-3-2;2*1-2/h7-8,11H,3-6H2,1-2H3;1H,2H3;2*1-2H3. The van der Waals surface area contributed by atoms with Gasteiger partial charge in [0.25, 0.3) is 0 Å². The molecule has 1 aromatic rings. The van der Waals surface area contributed by atoms with E-state index in [-0.39, 0.29) is 0 Å². The average molecular weight is 251 g/mol. The Hall–Kier alpha value is -1.16. The zero-order valence-corrected chi connectivity index (χ0v) is 13.6. The van der Waals surface area contributed by atoms with Crippen LogP contribution in [0.5, 0.6) is 0 Å². The van der Waals surface area contributed by atoms with Crippen molar-refractivity contribution in [3.8, 4) is 12.3 Å². The molecule has 1 heteroatoms. The maximum absolute atomic E-state index is 4.60. The lowest BCUT2D eigenvalue weighted by molar-refractivity contribution is 0.707. The molecule has 0 aliphatic heterocycles. The number of aryl methyl sites for hydroxylation is 2. The number of aromatic nitrogens is 1. The monoisotopic (exact) mass is 251 g/mol. The fourth-order valence-corrected chi connectivity index (χ4v) is 1.30. The number of rotatable bonds is 4. The number of H-pyrrole nitrogens is 1. The first-order valence-corrected chi connectivity index (χ1v) is 7.26. The summed E-state index contributed by atoms with van der Waals surface area (Å²) in [6.07, 6.45) is 11.8. The largest absolute Gasteiger partial charge is 0.365 e. The van der Waals surface area contributed by atoms with E-state index in [1.165, 1.54) is 36.9 Å². The molecule has 1 rings (SSSR count). The summed E-state index contributed by atoms with van der Waals surface area (Å²) in [6.45, 7) is 14.1. The molecule has 0 aromatic carbocycles. The predicted molar refractivity (Wildman–Crippen MR) is 86.0 cm³/mol. The van der Waals surface area contributed by atoms with Crippen LogP contribution in [0, 0.1) is 19.3 Å². The lowest BCUT2D eigenvalue weighted by Gasteiger charge is -1.98. The summed E-state index contributed by atoms with van der Waals surface area (Å²) in [5, 5.41) is 0. The zero-order valence-electron chi connectivity index (χ0n) is 13.6. The van der Waals surface area contributed by atoms with Crippen LogP contribution in [0.4, 0.5) is 0 Å². The molecule has 0 saturated heterocycles. The van der Waals surface area contributed by atoms with Crippen molar-refractivity contribution in [3.05, 3.63) is 23.5 Å². The van der Waals surface area contributed by atoms with Crippen molar-refractivity contribution < 1.29 is 0 Å². The van der Waals surface area contributed by atoms with Gasteiger partial charge in [-0.05, 0) is 38.3 Å². The normalized spacial score (nSPS) is 7.44. The van der Waals surface area contributed by atoms with Crippen LogP contribution in [0.2, 0.25) is 0 Å². The maximum atomic E-state index is 4.60. The molecule has 0 fully saturated rings. The third-order valence-electron chi connectivity index (χ3n) is 2.10. The molecule has 18 heavy (non-hydrogen) atoms. The molecular formula is C17H33N. The third kappa shape index (κ3) is 14.8. The van der Waals surface area contributed by atoms with Gasteiger partial charge in [-0.25, -0.2) is 0 Å². The quantitative estimate of drug-likeness (QED) is 0.518. The van der Waals surface area contributed by atoms with Crippen molar-refractivity contribution in [2.75, 3.05) is 0 Å². The second-order valence-corrected chi connectivity index (χ2v) is 3.39. The molecular weight excluding hydrogens is 218 g/mol. The van der Waals surface area contributed by atoms with Gasteiger partial charge in [-0.1, -0.05) is 47.5 Å². The van der Waals surface area contributed by atoms with Gasteiger partial charge in [-0.3, -0.25) is 0 Å². The Balaban J connectivity index is -0.000000274. The van der Waals surface area contributed by atoms with Crippen LogP contribution in [0.3, 0.4) is 0 Å². The fourth-order valence-electron chi connectivity index (χ4n) is 1.30. The van der Waals surface area contributed by atoms with Crippen LogP contribution in [-0.2, 0) is 6.42 Å². The zero-order chi connectivity index (χ0) is 14.8. The summed E-state index contributed by atoms with van der Waals surface area (Å²) in [7, 11) is 0. The van der Waals surface area contributed by atoms with Crippen LogP contribution < -0.4 is 0 Å². The van der Waals surface area contributed by atoms with Gasteiger partial charge >= 0.3 is 0 Å². The second-order valence-electron chi connectivity index (χ2n) is 3.39. The number of unbranched alkanes of at least 4 members (excludes halogenated alkanes) is 2. The van der Waals surface area contributed by atoms with Crippen molar-refractivity contribution in [2.45, 2.75) is 74.1 Å². The maximum Gasteiger partial charge on any atom is 0.0176 e. The summed E-state index contributed by atoms with van der Waals surface area (Å²) < 4.78 is 0. The lowest BCUT2D eigenvalue weighted by Crippen LogP contribution is -1.87. The predicted octanol–water partition coefficient (Wildman–Crippen LogP) is 5.75. The minimum absolute atomic E-state index is 1.21. The van der Waals surface area contributed by atoms with E-state index >= 15 is 0 Å². The first-order chi connectivity index (χ1) is 8.76. The molecule has 1 nitrogen and oxygen atoms in total. The number of hydrogen-bond donors (Lipinski definition) is 1. The topological polar surface area (TPSA) is 15.8 Å². The van der Waals surface area contributed by atoms with Crippen molar-refractivity contribution >= 4 is 0 Å². The number of nitrogens with one attached hydrogen (secondary N) is 1. The van der Waals surface area contributed by atoms with E-state index in [0.717, 1.165) is 0 Å². The molecule has 1 heterocycles. The van der Waals surface area contributed by atoms with E-state index in [4.69, 9.17) is 0 Å². The van der Waals surface area contributed by atoms with E-state index in [0.29, 0.717) is 0 Å². The van der Waals surface area contributed by atoms with Crippen molar-refractivity contribution in [1.82, 2.24) is 4.98 Å². The smallest absolute Gasteiger partial charge is 0.0176 e. The summed E-state index contributed by atoms with van der Waals surface area (Å²) in [5.41, 5.74) is 2.82. The molecule has 1 N–H and O–H groups in total. The van der Waals surface area contributed by atoms with Crippen molar-refractivity contribution in [2.24, 2.45) is 0 Å². The molecule has 0 spiro atoms. The molecule has 0 aliphatic carbocycles. The first kappa shape index (κ1) is 22.1. The molecule has 106 valence electrons. The molecule has 0 aliphatic rings. The van der Waals surface area contributed by atoms with Gasteiger partial charge in [-0.2, -0.15) is 0 Å². The molecule has 0 atom stereocenters. The van der Waals surface area contributed by atoms with E-state index in [1.807, 2.05) is 33.9 Å². The van der Waals surface area contributed by atoms with Gasteiger partial charge in [0.2, 0.25) is 0 Å². The SMILES string of the molecule is C#CC.CC.CC.CCCCCc1[nH]ccc1C. The van der Waals surface area contributed by atoms with Gasteiger partial charge in [-0.15, -0.1) is 12.3 Å². The highest BCUT2D eigenvalue weighted by atomic mass is 14.7. The Morgan fingerprint density at radius 3 is 2.00 bits per heavy atom. The van der Waals surface area contributed by atoms with Gasteiger partial charge < -0.3 is 4.98 Å².